The van der Waals surface area contributed by atoms with E-state index in [1.165, 1.54) is 22.2 Å². The van der Waals surface area contributed by atoms with Crippen LogP contribution in [0.2, 0.25) is 0 Å². The molecule has 1 fully saturated rings. The fourth-order valence-corrected chi connectivity index (χ4v) is 3.69. The number of hydrogen-bond acceptors (Lipinski definition) is 4. The summed E-state index contributed by atoms with van der Waals surface area (Å²) in [5.41, 5.74) is 8.37. The van der Waals surface area contributed by atoms with Crippen LogP contribution in [0.15, 0.2) is 53.4 Å². The summed E-state index contributed by atoms with van der Waals surface area (Å²) in [6.07, 6.45) is 1.13. The van der Waals surface area contributed by atoms with E-state index in [0.29, 0.717) is 11.4 Å². The van der Waals surface area contributed by atoms with Crippen molar-refractivity contribution in [2.24, 2.45) is 0 Å². The summed E-state index contributed by atoms with van der Waals surface area (Å²) in [7, 11) is 0. The van der Waals surface area contributed by atoms with E-state index >= 15 is 0 Å². The number of imide groups is 1. The highest BCUT2D eigenvalue weighted by atomic mass is 32.2. The van der Waals surface area contributed by atoms with Gasteiger partial charge in [0.2, 0.25) is 11.8 Å². The number of hydrogen-bond donors (Lipinski definition) is 1. The van der Waals surface area contributed by atoms with Gasteiger partial charge in [-0.3, -0.25) is 9.59 Å². The van der Waals surface area contributed by atoms with Crippen molar-refractivity contribution < 1.29 is 9.59 Å². The van der Waals surface area contributed by atoms with Gasteiger partial charge < -0.3 is 5.73 Å². The zero-order chi connectivity index (χ0) is 16.4. The average molecular weight is 326 g/mol. The number of anilines is 2. The SMILES string of the molecule is CCc1ccc(N2C(=O)CC(Sc3ccccc3N)C2=O)cc1. The molecule has 2 aromatic carbocycles. The lowest BCUT2D eigenvalue weighted by Gasteiger charge is -2.15. The van der Waals surface area contributed by atoms with E-state index in [9.17, 15) is 9.59 Å². The molecule has 2 aromatic rings. The molecule has 1 unspecified atom stereocenters. The minimum atomic E-state index is -0.418. The van der Waals surface area contributed by atoms with Crippen molar-refractivity contribution in [2.75, 3.05) is 10.6 Å². The molecule has 4 nitrogen and oxygen atoms in total. The first-order chi connectivity index (χ1) is 11.1. The Hall–Kier alpha value is -2.27. The predicted octanol–water partition coefficient (Wildman–Crippen LogP) is 3.26. The minimum Gasteiger partial charge on any atom is -0.398 e. The van der Waals surface area contributed by atoms with E-state index in [-0.39, 0.29) is 18.2 Å². The van der Waals surface area contributed by atoms with Crippen molar-refractivity contribution in [3.63, 3.8) is 0 Å². The van der Waals surface area contributed by atoms with Crippen LogP contribution in [-0.2, 0) is 16.0 Å². The summed E-state index contributed by atoms with van der Waals surface area (Å²) in [6, 6.07) is 15.0. The zero-order valence-electron chi connectivity index (χ0n) is 12.9. The molecule has 0 bridgehead atoms. The first-order valence-electron chi connectivity index (χ1n) is 7.57. The first-order valence-corrected chi connectivity index (χ1v) is 8.45. The molecule has 2 N–H and O–H groups in total. The molecular weight excluding hydrogens is 308 g/mol. The second-order valence-electron chi connectivity index (χ2n) is 5.44. The summed E-state index contributed by atoms with van der Waals surface area (Å²) in [5, 5.41) is -0.418. The topological polar surface area (TPSA) is 63.4 Å². The number of benzene rings is 2. The van der Waals surface area contributed by atoms with Crippen molar-refractivity contribution in [3.8, 4) is 0 Å². The van der Waals surface area contributed by atoms with E-state index in [4.69, 9.17) is 5.73 Å². The molecule has 0 spiro atoms. The number of para-hydroxylation sites is 1. The quantitative estimate of drug-likeness (QED) is 0.692. The van der Waals surface area contributed by atoms with Crippen LogP contribution in [0.3, 0.4) is 0 Å². The van der Waals surface area contributed by atoms with Crippen molar-refractivity contribution in [1.29, 1.82) is 0 Å². The van der Waals surface area contributed by atoms with Gasteiger partial charge >= 0.3 is 0 Å². The summed E-state index contributed by atoms with van der Waals surface area (Å²) in [6.45, 7) is 2.07. The van der Waals surface area contributed by atoms with E-state index < -0.39 is 5.25 Å². The fourth-order valence-electron chi connectivity index (χ4n) is 2.59. The zero-order valence-corrected chi connectivity index (χ0v) is 13.7. The molecule has 118 valence electrons. The third-order valence-corrected chi connectivity index (χ3v) is 5.17. The van der Waals surface area contributed by atoms with Gasteiger partial charge in [-0.1, -0.05) is 31.2 Å². The summed E-state index contributed by atoms with van der Waals surface area (Å²) >= 11 is 1.36. The Morgan fingerprint density at radius 1 is 1.13 bits per heavy atom. The molecule has 1 saturated heterocycles. The maximum Gasteiger partial charge on any atom is 0.247 e. The predicted molar refractivity (Wildman–Crippen MR) is 93.4 cm³/mol. The summed E-state index contributed by atoms with van der Waals surface area (Å²) < 4.78 is 0. The van der Waals surface area contributed by atoms with Crippen LogP contribution in [-0.4, -0.2) is 17.1 Å². The lowest BCUT2D eigenvalue weighted by molar-refractivity contribution is -0.121. The number of nitrogen functional groups attached to an aromatic ring is 1. The van der Waals surface area contributed by atoms with Crippen molar-refractivity contribution >= 4 is 35.0 Å². The number of nitrogens with zero attached hydrogens (tertiary/aromatic N) is 1. The Bertz CT molecular complexity index is 743. The van der Waals surface area contributed by atoms with Gasteiger partial charge in [-0.15, -0.1) is 11.8 Å². The Kier molecular flexibility index (Phi) is 4.39. The first kappa shape index (κ1) is 15.6. The van der Waals surface area contributed by atoms with Gasteiger partial charge in [0, 0.05) is 17.0 Å². The Morgan fingerprint density at radius 2 is 1.83 bits per heavy atom. The van der Waals surface area contributed by atoms with Gasteiger partial charge in [-0.05, 0) is 36.2 Å². The maximum absolute atomic E-state index is 12.6. The van der Waals surface area contributed by atoms with Crippen molar-refractivity contribution in [3.05, 3.63) is 54.1 Å². The molecular formula is C18H18N2O2S. The van der Waals surface area contributed by atoms with Gasteiger partial charge in [-0.25, -0.2) is 4.90 Å². The normalized spacial score (nSPS) is 17.8. The van der Waals surface area contributed by atoms with Gasteiger partial charge in [0.1, 0.15) is 0 Å². The molecule has 0 aromatic heterocycles. The number of carbonyl (C=O) groups excluding carboxylic acids is 2. The van der Waals surface area contributed by atoms with Crippen LogP contribution in [0.5, 0.6) is 0 Å². The van der Waals surface area contributed by atoms with E-state index in [1.807, 2.05) is 42.5 Å². The molecule has 1 aliphatic heterocycles. The van der Waals surface area contributed by atoms with Crippen LogP contribution in [0, 0.1) is 0 Å². The highest BCUT2D eigenvalue weighted by molar-refractivity contribution is 8.00. The molecule has 23 heavy (non-hydrogen) atoms. The lowest BCUT2D eigenvalue weighted by atomic mass is 10.1. The third kappa shape index (κ3) is 3.10. The Balaban J connectivity index is 1.80. The number of carbonyl (C=O) groups is 2. The number of thioether (sulfide) groups is 1. The standard InChI is InChI=1S/C18H18N2O2S/c1-2-12-7-9-13(10-8-12)20-17(21)11-16(18(20)22)23-15-6-4-3-5-14(15)19/h3-10,16H,2,11,19H2,1H3. The second-order valence-corrected chi connectivity index (χ2v) is 6.68. The molecule has 3 rings (SSSR count). The number of aryl methyl sites for hydroxylation is 1. The fraction of sp³-hybridized carbons (Fsp3) is 0.222. The van der Waals surface area contributed by atoms with Gasteiger partial charge in [-0.2, -0.15) is 0 Å². The smallest absolute Gasteiger partial charge is 0.247 e. The molecule has 1 heterocycles. The Morgan fingerprint density at radius 3 is 2.48 bits per heavy atom. The van der Waals surface area contributed by atoms with Crippen LogP contribution < -0.4 is 10.6 Å². The van der Waals surface area contributed by atoms with Crippen LogP contribution >= 0.6 is 11.8 Å². The maximum atomic E-state index is 12.6. The van der Waals surface area contributed by atoms with Crippen LogP contribution in [0.25, 0.3) is 0 Å². The molecule has 0 radical (unpaired) electrons. The van der Waals surface area contributed by atoms with Crippen LogP contribution in [0.1, 0.15) is 18.9 Å². The van der Waals surface area contributed by atoms with E-state index in [2.05, 4.69) is 6.92 Å². The summed E-state index contributed by atoms with van der Waals surface area (Å²) in [4.78, 5) is 27.0. The van der Waals surface area contributed by atoms with Gasteiger partial charge in [0.05, 0.1) is 10.9 Å². The summed E-state index contributed by atoms with van der Waals surface area (Å²) in [5.74, 6) is -0.334. The minimum absolute atomic E-state index is 0.161. The molecule has 0 aliphatic carbocycles. The molecule has 2 amide bonds. The number of nitrogens with two attached hydrogens (primary N) is 1. The second kappa shape index (κ2) is 6.46. The van der Waals surface area contributed by atoms with Crippen molar-refractivity contribution in [2.45, 2.75) is 29.9 Å². The van der Waals surface area contributed by atoms with Crippen LogP contribution in [0.4, 0.5) is 11.4 Å². The van der Waals surface area contributed by atoms with Crippen molar-refractivity contribution in [1.82, 2.24) is 0 Å². The molecule has 1 atom stereocenters. The third-order valence-electron chi connectivity index (χ3n) is 3.90. The number of amides is 2. The van der Waals surface area contributed by atoms with E-state index in [1.54, 1.807) is 6.07 Å². The monoisotopic (exact) mass is 326 g/mol. The number of rotatable bonds is 4. The van der Waals surface area contributed by atoms with Gasteiger partial charge in [0.15, 0.2) is 0 Å². The largest absolute Gasteiger partial charge is 0.398 e. The molecule has 0 saturated carbocycles. The highest BCUT2D eigenvalue weighted by Gasteiger charge is 2.40. The molecule has 5 heteroatoms. The lowest BCUT2D eigenvalue weighted by Crippen LogP contribution is -2.31. The highest BCUT2D eigenvalue weighted by Crippen LogP contribution is 2.36. The Labute approximate surface area is 139 Å². The van der Waals surface area contributed by atoms with Gasteiger partial charge in [0.25, 0.3) is 0 Å². The molecule has 1 aliphatic rings. The average Bonchev–Trinajstić information content (AvgIpc) is 2.84. The van der Waals surface area contributed by atoms with E-state index in [0.717, 1.165) is 11.3 Å².